The van der Waals surface area contributed by atoms with Crippen LogP contribution >= 0.6 is 11.8 Å². The summed E-state index contributed by atoms with van der Waals surface area (Å²) in [4.78, 5) is 3.95. The summed E-state index contributed by atoms with van der Waals surface area (Å²) in [6.07, 6.45) is 7.29. The highest BCUT2D eigenvalue weighted by atomic mass is 32.2. The van der Waals surface area contributed by atoms with Gasteiger partial charge < -0.3 is 10.2 Å². The molecule has 1 fully saturated rings. The third-order valence-corrected chi connectivity index (χ3v) is 4.53. The molecular formula is C16H26N2S. The molecule has 1 heterocycles. The standard InChI is InChI=1S/C16H26N2S/c1-3-10-18-11-5-7-14(9-12-18)17-15-6-4-8-16(13-15)19-2/h4,6,8,13-14,17H,3,5,7,9-12H2,1-2H3. The van der Waals surface area contributed by atoms with Crippen LogP contribution in [0.15, 0.2) is 29.2 Å². The van der Waals surface area contributed by atoms with Crippen molar-refractivity contribution in [1.82, 2.24) is 4.90 Å². The fraction of sp³-hybridized carbons (Fsp3) is 0.625. The quantitative estimate of drug-likeness (QED) is 0.817. The van der Waals surface area contributed by atoms with Crippen LogP contribution in [0.25, 0.3) is 0 Å². The van der Waals surface area contributed by atoms with Crippen molar-refractivity contribution in [2.75, 3.05) is 31.2 Å². The molecule has 106 valence electrons. The number of rotatable bonds is 5. The van der Waals surface area contributed by atoms with E-state index in [1.54, 1.807) is 0 Å². The number of hydrogen-bond acceptors (Lipinski definition) is 3. The highest BCUT2D eigenvalue weighted by molar-refractivity contribution is 7.98. The van der Waals surface area contributed by atoms with E-state index in [0.29, 0.717) is 6.04 Å². The van der Waals surface area contributed by atoms with Gasteiger partial charge in [0, 0.05) is 23.2 Å². The topological polar surface area (TPSA) is 15.3 Å². The van der Waals surface area contributed by atoms with Gasteiger partial charge >= 0.3 is 0 Å². The fourth-order valence-electron chi connectivity index (χ4n) is 2.79. The van der Waals surface area contributed by atoms with E-state index >= 15 is 0 Å². The highest BCUT2D eigenvalue weighted by Crippen LogP contribution is 2.22. The van der Waals surface area contributed by atoms with Gasteiger partial charge in [-0.2, -0.15) is 0 Å². The number of hydrogen-bond donors (Lipinski definition) is 1. The van der Waals surface area contributed by atoms with Gasteiger partial charge in [0.2, 0.25) is 0 Å². The third-order valence-electron chi connectivity index (χ3n) is 3.80. The third kappa shape index (κ3) is 4.73. The number of likely N-dealkylation sites (tertiary alicyclic amines) is 1. The van der Waals surface area contributed by atoms with Crippen molar-refractivity contribution >= 4 is 17.4 Å². The number of thioether (sulfide) groups is 1. The molecule has 1 atom stereocenters. The Morgan fingerprint density at radius 2 is 2.21 bits per heavy atom. The van der Waals surface area contributed by atoms with Crippen LogP contribution < -0.4 is 5.32 Å². The molecule has 0 aromatic heterocycles. The first-order valence-electron chi connectivity index (χ1n) is 7.44. The van der Waals surface area contributed by atoms with Gasteiger partial charge in [0.15, 0.2) is 0 Å². The molecule has 1 saturated heterocycles. The van der Waals surface area contributed by atoms with Gasteiger partial charge in [0.1, 0.15) is 0 Å². The summed E-state index contributed by atoms with van der Waals surface area (Å²) in [6, 6.07) is 9.41. The minimum Gasteiger partial charge on any atom is -0.382 e. The molecule has 1 aliphatic rings. The van der Waals surface area contributed by atoms with E-state index in [9.17, 15) is 0 Å². The second kappa shape index (κ2) is 7.81. The Balaban J connectivity index is 1.88. The van der Waals surface area contributed by atoms with Gasteiger partial charge in [-0.3, -0.25) is 0 Å². The van der Waals surface area contributed by atoms with Crippen molar-refractivity contribution in [3.8, 4) is 0 Å². The summed E-state index contributed by atoms with van der Waals surface area (Å²) in [5, 5.41) is 3.72. The van der Waals surface area contributed by atoms with Crippen molar-refractivity contribution < 1.29 is 0 Å². The zero-order valence-electron chi connectivity index (χ0n) is 12.2. The van der Waals surface area contributed by atoms with E-state index < -0.39 is 0 Å². The predicted octanol–water partition coefficient (Wildman–Crippen LogP) is 4.08. The number of nitrogens with one attached hydrogen (secondary N) is 1. The monoisotopic (exact) mass is 278 g/mol. The van der Waals surface area contributed by atoms with Gasteiger partial charge in [-0.25, -0.2) is 0 Å². The Morgan fingerprint density at radius 1 is 1.32 bits per heavy atom. The number of benzene rings is 1. The molecule has 0 spiro atoms. The SMILES string of the molecule is CCCN1CCCC(Nc2cccc(SC)c2)CC1. The average molecular weight is 278 g/mol. The van der Waals surface area contributed by atoms with Crippen LogP contribution in [0.2, 0.25) is 0 Å². The molecule has 2 nitrogen and oxygen atoms in total. The van der Waals surface area contributed by atoms with Crippen molar-refractivity contribution in [3.63, 3.8) is 0 Å². The molecule has 2 rings (SSSR count). The maximum absolute atomic E-state index is 3.72. The first-order chi connectivity index (χ1) is 9.31. The van der Waals surface area contributed by atoms with Crippen LogP contribution in [-0.4, -0.2) is 36.8 Å². The molecule has 0 aliphatic carbocycles. The molecule has 3 heteroatoms. The smallest absolute Gasteiger partial charge is 0.0353 e. The van der Waals surface area contributed by atoms with Gasteiger partial charge in [-0.1, -0.05) is 13.0 Å². The summed E-state index contributed by atoms with van der Waals surface area (Å²) in [7, 11) is 0. The van der Waals surface area contributed by atoms with Gasteiger partial charge in [-0.05, 0) is 63.2 Å². The molecular weight excluding hydrogens is 252 g/mol. The Kier molecular flexibility index (Phi) is 6.05. The maximum atomic E-state index is 3.72. The van der Waals surface area contributed by atoms with Crippen molar-refractivity contribution in [2.45, 2.75) is 43.5 Å². The Bertz CT molecular complexity index is 381. The fourth-order valence-corrected chi connectivity index (χ4v) is 3.25. The molecule has 0 bridgehead atoms. The van der Waals surface area contributed by atoms with Crippen molar-refractivity contribution in [1.29, 1.82) is 0 Å². The van der Waals surface area contributed by atoms with Gasteiger partial charge in [0.05, 0.1) is 0 Å². The van der Waals surface area contributed by atoms with Crippen LogP contribution in [0, 0.1) is 0 Å². The molecule has 1 unspecified atom stereocenters. The van der Waals surface area contributed by atoms with Gasteiger partial charge in [-0.15, -0.1) is 11.8 Å². The van der Waals surface area contributed by atoms with Crippen LogP contribution in [0.5, 0.6) is 0 Å². The van der Waals surface area contributed by atoms with E-state index in [2.05, 4.69) is 47.7 Å². The summed E-state index contributed by atoms with van der Waals surface area (Å²) in [5.41, 5.74) is 1.28. The maximum Gasteiger partial charge on any atom is 0.0353 e. The zero-order chi connectivity index (χ0) is 13.5. The van der Waals surface area contributed by atoms with Crippen LogP contribution in [-0.2, 0) is 0 Å². The minimum atomic E-state index is 0.638. The number of anilines is 1. The molecule has 1 aromatic carbocycles. The van der Waals surface area contributed by atoms with Crippen molar-refractivity contribution in [2.24, 2.45) is 0 Å². The first kappa shape index (κ1) is 14.7. The van der Waals surface area contributed by atoms with E-state index in [0.717, 1.165) is 0 Å². The Hall–Kier alpha value is -0.670. The second-order valence-corrected chi connectivity index (χ2v) is 6.23. The summed E-state index contributed by atoms with van der Waals surface area (Å²) in [6.45, 7) is 6.05. The largest absolute Gasteiger partial charge is 0.382 e. The number of nitrogens with zero attached hydrogens (tertiary/aromatic N) is 1. The predicted molar refractivity (Wildman–Crippen MR) is 86.2 cm³/mol. The lowest BCUT2D eigenvalue weighted by molar-refractivity contribution is 0.285. The van der Waals surface area contributed by atoms with E-state index in [1.807, 2.05) is 11.8 Å². The molecule has 1 N–H and O–H groups in total. The first-order valence-corrected chi connectivity index (χ1v) is 8.67. The van der Waals surface area contributed by atoms with Crippen LogP contribution in [0.3, 0.4) is 0 Å². The highest BCUT2D eigenvalue weighted by Gasteiger charge is 2.16. The van der Waals surface area contributed by atoms with E-state index in [-0.39, 0.29) is 0 Å². The zero-order valence-corrected chi connectivity index (χ0v) is 13.0. The Morgan fingerprint density at radius 3 is 3.00 bits per heavy atom. The lowest BCUT2D eigenvalue weighted by Gasteiger charge is -2.20. The lowest BCUT2D eigenvalue weighted by Crippen LogP contribution is -2.27. The van der Waals surface area contributed by atoms with Gasteiger partial charge in [0.25, 0.3) is 0 Å². The Labute approximate surface area is 122 Å². The molecule has 0 saturated carbocycles. The summed E-state index contributed by atoms with van der Waals surface area (Å²) >= 11 is 1.81. The normalized spacial score (nSPS) is 21.1. The van der Waals surface area contributed by atoms with Crippen LogP contribution in [0.4, 0.5) is 5.69 Å². The molecule has 0 radical (unpaired) electrons. The van der Waals surface area contributed by atoms with Crippen molar-refractivity contribution in [3.05, 3.63) is 24.3 Å². The minimum absolute atomic E-state index is 0.638. The second-order valence-electron chi connectivity index (χ2n) is 5.35. The van der Waals surface area contributed by atoms with E-state index in [1.165, 1.54) is 55.9 Å². The molecule has 19 heavy (non-hydrogen) atoms. The lowest BCUT2D eigenvalue weighted by atomic mass is 10.1. The summed E-state index contributed by atoms with van der Waals surface area (Å²) < 4.78 is 0. The van der Waals surface area contributed by atoms with E-state index in [4.69, 9.17) is 0 Å². The molecule has 1 aromatic rings. The molecule has 1 aliphatic heterocycles. The average Bonchev–Trinajstić information content (AvgIpc) is 2.65. The summed E-state index contributed by atoms with van der Waals surface area (Å²) in [5.74, 6) is 0. The van der Waals surface area contributed by atoms with Crippen LogP contribution in [0.1, 0.15) is 32.6 Å². The molecule has 0 amide bonds.